The van der Waals surface area contributed by atoms with Crippen LogP contribution in [0.3, 0.4) is 0 Å². The topological polar surface area (TPSA) is 41.1 Å². The lowest BCUT2D eigenvalue weighted by atomic mass is 9.73. The first-order valence-corrected chi connectivity index (χ1v) is 9.32. The zero-order chi connectivity index (χ0) is 17.9. The highest BCUT2D eigenvalue weighted by Crippen LogP contribution is 2.51. The summed E-state index contributed by atoms with van der Waals surface area (Å²) in [6.45, 7) is 8.05. The van der Waals surface area contributed by atoms with Gasteiger partial charge in [0.15, 0.2) is 0 Å². The van der Waals surface area contributed by atoms with Gasteiger partial charge in [0, 0.05) is 6.04 Å². The fraction of sp³-hybridized carbons (Fsp3) is 0.409. The van der Waals surface area contributed by atoms with Crippen molar-refractivity contribution in [2.45, 2.75) is 45.1 Å². The molecule has 1 amide bonds. The van der Waals surface area contributed by atoms with E-state index in [4.69, 9.17) is 0 Å². The summed E-state index contributed by atoms with van der Waals surface area (Å²) in [6, 6.07) is 16.9. The molecule has 0 unspecified atom stereocenters. The van der Waals surface area contributed by atoms with Crippen molar-refractivity contribution < 1.29 is 4.79 Å². The van der Waals surface area contributed by atoms with Crippen molar-refractivity contribution in [1.29, 1.82) is 0 Å². The maximum absolute atomic E-state index is 13.4. The average molecular weight is 336 g/mol. The van der Waals surface area contributed by atoms with Crippen molar-refractivity contribution in [3.05, 3.63) is 59.7 Å². The van der Waals surface area contributed by atoms with Crippen LogP contribution in [0.15, 0.2) is 48.5 Å². The highest BCUT2D eigenvalue weighted by molar-refractivity contribution is 6.00. The number of nitrogens with one attached hydrogen (secondary N) is 2. The van der Waals surface area contributed by atoms with Crippen LogP contribution in [0.4, 0.5) is 0 Å². The molecule has 0 spiro atoms. The number of hydrogen-bond acceptors (Lipinski definition) is 2. The molecular weight excluding hydrogens is 308 g/mol. The normalized spacial score (nSPS) is 14.2. The van der Waals surface area contributed by atoms with E-state index < -0.39 is 5.41 Å². The van der Waals surface area contributed by atoms with Crippen molar-refractivity contribution >= 4 is 5.91 Å². The van der Waals surface area contributed by atoms with Gasteiger partial charge < -0.3 is 10.6 Å². The second kappa shape index (κ2) is 7.40. The summed E-state index contributed by atoms with van der Waals surface area (Å²) in [6.07, 6.45) is 1.77. The van der Waals surface area contributed by atoms with Crippen LogP contribution in [0, 0.1) is 0 Å². The molecule has 3 rings (SSSR count). The van der Waals surface area contributed by atoms with Crippen LogP contribution in [0.5, 0.6) is 0 Å². The van der Waals surface area contributed by atoms with Crippen LogP contribution in [-0.4, -0.2) is 25.0 Å². The summed E-state index contributed by atoms with van der Waals surface area (Å²) in [5.74, 6) is 0.122. The van der Waals surface area contributed by atoms with Crippen molar-refractivity contribution in [1.82, 2.24) is 10.6 Å². The fourth-order valence-electron chi connectivity index (χ4n) is 3.99. The van der Waals surface area contributed by atoms with Crippen LogP contribution >= 0.6 is 0 Å². The van der Waals surface area contributed by atoms with Gasteiger partial charge >= 0.3 is 0 Å². The lowest BCUT2D eigenvalue weighted by Gasteiger charge is -2.32. The van der Waals surface area contributed by atoms with E-state index in [2.05, 4.69) is 54.0 Å². The number of hydrogen-bond donors (Lipinski definition) is 2. The molecule has 2 aromatic carbocycles. The third kappa shape index (κ3) is 3.09. The van der Waals surface area contributed by atoms with Gasteiger partial charge in [-0.1, -0.05) is 55.5 Å². The molecule has 25 heavy (non-hydrogen) atoms. The van der Waals surface area contributed by atoms with Crippen molar-refractivity contribution in [2.24, 2.45) is 0 Å². The standard InChI is InChI=1S/C22H28N2O/c1-4-23-15-9-14-22(21(25)24-16(2)3)19-12-7-5-10-17(19)18-11-6-8-13-20(18)22/h5-8,10-13,16,23H,4,9,14-15H2,1-3H3,(H,24,25). The Labute approximate surface area is 150 Å². The summed E-state index contributed by atoms with van der Waals surface area (Å²) in [5.41, 5.74) is 4.09. The largest absolute Gasteiger partial charge is 0.353 e. The summed E-state index contributed by atoms with van der Waals surface area (Å²) in [4.78, 5) is 13.4. The zero-order valence-corrected chi connectivity index (χ0v) is 15.4. The maximum atomic E-state index is 13.4. The van der Waals surface area contributed by atoms with Gasteiger partial charge in [0.2, 0.25) is 5.91 Å². The molecule has 0 saturated heterocycles. The number of benzene rings is 2. The third-order valence-electron chi connectivity index (χ3n) is 5.03. The molecule has 1 aliphatic rings. The van der Waals surface area contributed by atoms with Gasteiger partial charge in [-0.25, -0.2) is 0 Å². The number of carbonyl (C=O) groups is 1. The summed E-state index contributed by atoms with van der Waals surface area (Å²) in [7, 11) is 0. The van der Waals surface area contributed by atoms with Crippen molar-refractivity contribution in [3.8, 4) is 11.1 Å². The lowest BCUT2D eigenvalue weighted by molar-refractivity contribution is -0.126. The minimum atomic E-state index is -0.590. The predicted molar refractivity (Wildman–Crippen MR) is 104 cm³/mol. The van der Waals surface area contributed by atoms with Gasteiger partial charge in [-0.15, -0.1) is 0 Å². The molecule has 0 atom stereocenters. The van der Waals surface area contributed by atoms with Gasteiger partial charge in [-0.3, -0.25) is 4.79 Å². The highest BCUT2D eigenvalue weighted by atomic mass is 16.2. The van der Waals surface area contributed by atoms with E-state index in [1.807, 2.05) is 26.0 Å². The Morgan fingerprint density at radius 2 is 1.56 bits per heavy atom. The molecule has 0 fully saturated rings. The second-order valence-corrected chi connectivity index (χ2v) is 7.08. The van der Waals surface area contributed by atoms with Gasteiger partial charge in [0.05, 0.1) is 0 Å². The smallest absolute Gasteiger partial charge is 0.235 e. The van der Waals surface area contributed by atoms with Crippen molar-refractivity contribution in [3.63, 3.8) is 0 Å². The van der Waals surface area contributed by atoms with Crippen LogP contribution in [-0.2, 0) is 10.2 Å². The van der Waals surface area contributed by atoms with E-state index in [1.165, 1.54) is 11.1 Å². The van der Waals surface area contributed by atoms with Crippen LogP contribution in [0.25, 0.3) is 11.1 Å². The third-order valence-corrected chi connectivity index (χ3v) is 5.03. The molecular formula is C22H28N2O. The van der Waals surface area contributed by atoms with E-state index in [9.17, 15) is 4.79 Å². The Morgan fingerprint density at radius 3 is 2.08 bits per heavy atom. The quantitative estimate of drug-likeness (QED) is 0.754. The highest BCUT2D eigenvalue weighted by Gasteiger charge is 2.48. The van der Waals surface area contributed by atoms with Crippen LogP contribution in [0.2, 0.25) is 0 Å². The summed E-state index contributed by atoms with van der Waals surface area (Å²) in [5, 5.41) is 6.57. The van der Waals surface area contributed by atoms with E-state index >= 15 is 0 Å². The van der Waals surface area contributed by atoms with Crippen LogP contribution < -0.4 is 10.6 Å². The molecule has 0 heterocycles. The minimum Gasteiger partial charge on any atom is -0.353 e. The van der Waals surface area contributed by atoms with E-state index in [0.29, 0.717) is 0 Å². The molecule has 0 aliphatic heterocycles. The molecule has 2 N–H and O–H groups in total. The van der Waals surface area contributed by atoms with E-state index in [-0.39, 0.29) is 11.9 Å². The average Bonchev–Trinajstić information content (AvgIpc) is 2.90. The van der Waals surface area contributed by atoms with Gasteiger partial charge in [0.1, 0.15) is 5.41 Å². The molecule has 3 heteroatoms. The number of fused-ring (bicyclic) bond motifs is 3. The minimum absolute atomic E-state index is 0.122. The summed E-state index contributed by atoms with van der Waals surface area (Å²) < 4.78 is 0. The van der Waals surface area contributed by atoms with E-state index in [1.54, 1.807) is 0 Å². The molecule has 1 aliphatic carbocycles. The molecule has 0 aromatic heterocycles. The Morgan fingerprint density at radius 1 is 1.00 bits per heavy atom. The van der Waals surface area contributed by atoms with Gasteiger partial charge in [0.25, 0.3) is 0 Å². The van der Waals surface area contributed by atoms with Gasteiger partial charge in [-0.2, -0.15) is 0 Å². The van der Waals surface area contributed by atoms with Crippen molar-refractivity contribution in [2.75, 3.05) is 13.1 Å². The Balaban J connectivity index is 2.11. The molecule has 3 nitrogen and oxygen atoms in total. The van der Waals surface area contributed by atoms with E-state index in [0.717, 1.165) is 37.1 Å². The first-order chi connectivity index (χ1) is 12.1. The second-order valence-electron chi connectivity index (χ2n) is 7.08. The first-order valence-electron chi connectivity index (χ1n) is 9.32. The number of rotatable bonds is 7. The Kier molecular flexibility index (Phi) is 5.24. The fourth-order valence-corrected chi connectivity index (χ4v) is 3.99. The SMILES string of the molecule is CCNCCCC1(C(=O)NC(C)C)c2ccccc2-c2ccccc21. The monoisotopic (exact) mass is 336 g/mol. The van der Waals surface area contributed by atoms with Crippen LogP contribution in [0.1, 0.15) is 44.7 Å². The predicted octanol–water partition coefficient (Wildman–Crippen LogP) is 3.87. The number of amides is 1. The Hall–Kier alpha value is -2.13. The molecule has 2 aromatic rings. The first kappa shape index (κ1) is 17.7. The molecule has 0 saturated carbocycles. The van der Waals surface area contributed by atoms with Gasteiger partial charge in [-0.05, 0) is 62.0 Å². The Bertz CT molecular complexity index is 706. The maximum Gasteiger partial charge on any atom is 0.235 e. The molecule has 132 valence electrons. The summed E-state index contributed by atoms with van der Waals surface area (Å²) >= 11 is 0. The zero-order valence-electron chi connectivity index (χ0n) is 15.4. The lowest BCUT2D eigenvalue weighted by Crippen LogP contribution is -2.47. The molecule has 0 bridgehead atoms. The number of carbonyl (C=O) groups excluding carboxylic acids is 1. The molecule has 0 radical (unpaired) electrons.